The minimum atomic E-state index is -0.217. The van der Waals surface area contributed by atoms with Gasteiger partial charge in [0.2, 0.25) is 5.91 Å². The minimum Gasteiger partial charge on any atom is -0.372 e. The van der Waals surface area contributed by atoms with Crippen LogP contribution in [-0.2, 0) is 4.79 Å². The third kappa shape index (κ3) is 9.07. The van der Waals surface area contributed by atoms with Crippen LogP contribution in [0.4, 0.5) is 10.1 Å². The second-order valence-electron chi connectivity index (χ2n) is 4.78. The van der Waals surface area contributed by atoms with E-state index in [9.17, 15) is 9.18 Å². The number of rotatable bonds is 9. The molecule has 4 nitrogen and oxygen atoms in total. The third-order valence-electron chi connectivity index (χ3n) is 3.09. The number of benzene rings is 1. The molecule has 0 aliphatic carbocycles. The number of nitrogens with one attached hydrogen (secondary N) is 2. The second kappa shape index (κ2) is 13.6. The molecule has 0 saturated heterocycles. The summed E-state index contributed by atoms with van der Waals surface area (Å²) in [5, 5.41) is 5.88. The molecular formula is C15H26Cl2FN3O. The maximum absolute atomic E-state index is 13.5. The van der Waals surface area contributed by atoms with E-state index in [1.165, 1.54) is 6.07 Å². The molecule has 0 heterocycles. The van der Waals surface area contributed by atoms with Crippen LogP contribution in [0.15, 0.2) is 24.3 Å². The van der Waals surface area contributed by atoms with Crippen molar-refractivity contribution in [2.45, 2.75) is 19.3 Å². The molecule has 0 spiro atoms. The van der Waals surface area contributed by atoms with Gasteiger partial charge in [-0.3, -0.25) is 4.79 Å². The van der Waals surface area contributed by atoms with Crippen LogP contribution in [0.5, 0.6) is 0 Å². The van der Waals surface area contributed by atoms with Gasteiger partial charge in [-0.15, -0.1) is 24.8 Å². The van der Waals surface area contributed by atoms with Crippen LogP contribution < -0.4 is 15.5 Å². The molecule has 0 aliphatic heterocycles. The van der Waals surface area contributed by atoms with E-state index in [1.54, 1.807) is 12.1 Å². The highest BCUT2D eigenvalue weighted by atomic mass is 35.5. The summed E-state index contributed by atoms with van der Waals surface area (Å²) in [5.74, 6) is -0.139. The molecule has 0 unspecified atom stereocenters. The van der Waals surface area contributed by atoms with Crippen LogP contribution in [-0.4, -0.2) is 39.6 Å². The minimum absolute atomic E-state index is 0. The Morgan fingerprint density at radius 2 is 1.86 bits per heavy atom. The lowest BCUT2D eigenvalue weighted by Crippen LogP contribution is -2.28. The van der Waals surface area contributed by atoms with Crippen LogP contribution >= 0.6 is 24.8 Å². The van der Waals surface area contributed by atoms with Gasteiger partial charge in [-0.1, -0.05) is 12.1 Å². The summed E-state index contributed by atoms with van der Waals surface area (Å²) in [6.07, 6.45) is 2.18. The monoisotopic (exact) mass is 353 g/mol. The molecular weight excluding hydrogens is 328 g/mol. The topological polar surface area (TPSA) is 44.4 Å². The first-order valence-corrected chi connectivity index (χ1v) is 7.02. The fourth-order valence-corrected chi connectivity index (χ4v) is 1.94. The summed E-state index contributed by atoms with van der Waals surface area (Å²) in [4.78, 5) is 13.3. The van der Waals surface area contributed by atoms with Crippen molar-refractivity contribution in [1.82, 2.24) is 10.6 Å². The van der Waals surface area contributed by atoms with Crippen molar-refractivity contribution < 1.29 is 9.18 Å². The summed E-state index contributed by atoms with van der Waals surface area (Å²) in [6, 6.07) is 6.71. The van der Waals surface area contributed by atoms with Crippen molar-refractivity contribution in [3.05, 3.63) is 30.1 Å². The van der Waals surface area contributed by atoms with Crippen molar-refractivity contribution in [2.24, 2.45) is 0 Å². The smallest absolute Gasteiger partial charge is 0.220 e. The van der Waals surface area contributed by atoms with Crippen molar-refractivity contribution in [2.75, 3.05) is 38.6 Å². The van der Waals surface area contributed by atoms with Gasteiger partial charge in [0.05, 0.1) is 5.69 Å². The zero-order valence-corrected chi connectivity index (χ0v) is 14.7. The van der Waals surface area contributed by atoms with Gasteiger partial charge in [-0.2, -0.15) is 0 Å². The van der Waals surface area contributed by atoms with E-state index < -0.39 is 0 Å². The highest BCUT2D eigenvalue weighted by molar-refractivity contribution is 5.85. The lowest BCUT2D eigenvalue weighted by Gasteiger charge is -2.19. The van der Waals surface area contributed by atoms with Gasteiger partial charge in [-0.25, -0.2) is 4.39 Å². The van der Waals surface area contributed by atoms with Gasteiger partial charge >= 0.3 is 0 Å². The van der Waals surface area contributed by atoms with Crippen molar-refractivity contribution >= 4 is 36.4 Å². The first kappa shape index (κ1) is 23.2. The normalized spacial score (nSPS) is 9.41. The average molecular weight is 354 g/mol. The van der Waals surface area contributed by atoms with Crippen LogP contribution in [0.2, 0.25) is 0 Å². The second-order valence-corrected chi connectivity index (χ2v) is 4.78. The summed E-state index contributed by atoms with van der Waals surface area (Å²) in [5.41, 5.74) is 0.591. The van der Waals surface area contributed by atoms with Crippen molar-refractivity contribution in [1.29, 1.82) is 0 Å². The Morgan fingerprint density at radius 3 is 2.50 bits per heavy atom. The average Bonchev–Trinajstić information content (AvgIpc) is 2.44. The van der Waals surface area contributed by atoms with Crippen LogP contribution in [0, 0.1) is 5.82 Å². The molecule has 0 aromatic heterocycles. The third-order valence-corrected chi connectivity index (χ3v) is 3.09. The van der Waals surface area contributed by atoms with Crippen molar-refractivity contribution in [3.63, 3.8) is 0 Å². The molecule has 0 bridgehead atoms. The number of nitrogens with zero attached hydrogens (tertiary/aromatic N) is 1. The summed E-state index contributed by atoms with van der Waals surface area (Å²) in [7, 11) is 3.73. The summed E-state index contributed by atoms with van der Waals surface area (Å²) in [6.45, 7) is 2.18. The quantitative estimate of drug-likeness (QED) is 0.670. The first-order chi connectivity index (χ1) is 9.65. The van der Waals surface area contributed by atoms with E-state index >= 15 is 0 Å². The Labute approximate surface area is 144 Å². The fraction of sp³-hybridized carbons (Fsp3) is 0.533. The van der Waals surface area contributed by atoms with Gasteiger partial charge in [-0.05, 0) is 38.6 Å². The number of halogens is 3. The zero-order valence-electron chi connectivity index (χ0n) is 13.1. The number of hydrogen-bond donors (Lipinski definition) is 2. The molecule has 0 fully saturated rings. The molecule has 1 rings (SSSR count). The van der Waals surface area contributed by atoms with Crippen LogP contribution in [0.3, 0.4) is 0 Å². The van der Waals surface area contributed by atoms with Crippen LogP contribution in [0.25, 0.3) is 0 Å². The van der Waals surface area contributed by atoms with Gasteiger partial charge in [0.1, 0.15) is 5.82 Å². The standard InChI is InChI=1S/C15H24FN3O.2ClH/c1-17-10-5-9-15(20)18-11-6-12-19(2)14-8-4-3-7-13(14)16;;/h3-4,7-8,17H,5-6,9-12H2,1-2H3,(H,18,20);2*1H. The van der Waals surface area contributed by atoms with Crippen molar-refractivity contribution in [3.8, 4) is 0 Å². The summed E-state index contributed by atoms with van der Waals surface area (Å²) < 4.78 is 13.5. The Bertz CT molecular complexity index is 422. The number of anilines is 1. The van der Waals surface area contributed by atoms with E-state index in [4.69, 9.17) is 0 Å². The SMILES string of the molecule is CNCCCC(=O)NCCCN(C)c1ccccc1F.Cl.Cl. The number of carbonyl (C=O) groups is 1. The zero-order chi connectivity index (χ0) is 14.8. The Balaban J connectivity index is 0. The molecule has 1 aromatic rings. The van der Waals surface area contributed by atoms with E-state index in [2.05, 4.69) is 10.6 Å². The largest absolute Gasteiger partial charge is 0.372 e. The van der Waals surface area contributed by atoms with E-state index in [1.807, 2.05) is 25.1 Å². The Kier molecular flexibility index (Phi) is 14.4. The lowest BCUT2D eigenvalue weighted by atomic mass is 10.2. The maximum atomic E-state index is 13.5. The molecule has 22 heavy (non-hydrogen) atoms. The number of amides is 1. The molecule has 128 valence electrons. The van der Waals surface area contributed by atoms with E-state index in [-0.39, 0.29) is 36.5 Å². The molecule has 1 amide bonds. The van der Waals surface area contributed by atoms with E-state index in [0.717, 1.165) is 19.4 Å². The Hall–Kier alpha value is -1.04. The molecule has 7 heteroatoms. The van der Waals surface area contributed by atoms with Crippen LogP contribution in [0.1, 0.15) is 19.3 Å². The molecule has 0 atom stereocenters. The fourth-order valence-electron chi connectivity index (χ4n) is 1.94. The highest BCUT2D eigenvalue weighted by Crippen LogP contribution is 2.16. The number of hydrogen-bond acceptors (Lipinski definition) is 3. The molecule has 0 radical (unpaired) electrons. The Morgan fingerprint density at radius 1 is 1.18 bits per heavy atom. The molecule has 1 aromatic carbocycles. The van der Waals surface area contributed by atoms with E-state index in [0.29, 0.717) is 25.2 Å². The molecule has 2 N–H and O–H groups in total. The van der Waals surface area contributed by atoms with Gasteiger partial charge < -0.3 is 15.5 Å². The molecule has 0 saturated carbocycles. The molecule has 0 aliphatic rings. The highest BCUT2D eigenvalue weighted by Gasteiger charge is 2.06. The maximum Gasteiger partial charge on any atom is 0.220 e. The predicted octanol–water partition coefficient (Wildman–Crippen LogP) is 2.61. The van der Waals surface area contributed by atoms with Gasteiger partial charge in [0.15, 0.2) is 0 Å². The first-order valence-electron chi connectivity index (χ1n) is 7.02. The predicted molar refractivity (Wildman–Crippen MR) is 95.0 cm³/mol. The number of para-hydroxylation sites is 1. The summed E-state index contributed by atoms with van der Waals surface area (Å²) >= 11 is 0. The lowest BCUT2D eigenvalue weighted by molar-refractivity contribution is -0.121. The number of carbonyl (C=O) groups excluding carboxylic acids is 1. The van der Waals surface area contributed by atoms with Gasteiger partial charge in [0, 0.05) is 26.6 Å². The van der Waals surface area contributed by atoms with Gasteiger partial charge in [0.25, 0.3) is 0 Å².